The second kappa shape index (κ2) is 13.4. The fourth-order valence-corrected chi connectivity index (χ4v) is 4.90. The molecule has 0 spiro atoms. The molecule has 1 N–H and O–H groups in total. The molecule has 8 nitrogen and oxygen atoms in total. The number of nitrogens with one attached hydrogen (secondary N) is 1. The van der Waals surface area contributed by atoms with Crippen molar-refractivity contribution in [3.05, 3.63) is 108 Å². The smallest absolute Gasteiger partial charge is 0.408 e. The Balaban J connectivity index is 1.65. The van der Waals surface area contributed by atoms with Gasteiger partial charge in [-0.1, -0.05) is 85.8 Å². The molecule has 0 radical (unpaired) electrons. The highest BCUT2D eigenvalue weighted by Gasteiger charge is 2.35. The van der Waals surface area contributed by atoms with Gasteiger partial charge in [0.25, 0.3) is 0 Å². The Morgan fingerprint density at radius 3 is 2.12 bits per heavy atom. The van der Waals surface area contributed by atoms with Crippen LogP contribution in [-0.4, -0.2) is 45.6 Å². The van der Waals surface area contributed by atoms with E-state index in [2.05, 4.69) is 5.32 Å². The first kappa shape index (κ1) is 30.4. The maximum Gasteiger partial charge on any atom is 0.408 e. The molecule has 220 valence electrons. The summed E-state index contributed by atoms with van der Waals surface area (Å²) in [7, 11) is 1.95. The van der Waals surface area contributed by atoms with Crippen LogP contribution in [0.3, 0.4) is 0 Å². The molecule has 0 bridgehead atoms. The van der Waals surface area contributed by atoms with E-state index in [9.17, 15) is 14.4 Å². The Morgan fingerprint density at radius 2 is 1.48 bits per heavy atom. The van der Waals surface area contributed by atoms with Crippen LogP contribution in [0.2, 0.25) is 0 Å². The summed E-state index contributed by atoms with van der Waals surface area (Å²) in [5.74, 6) is -1.41. The third kappa shape index (κ3) is 8.00. The summed E-state index contributed by atoms with van der Waals surface area (Å²) in [6.07, 6.45) is 1.27. The highest BCUT2D eigenvalue weighted by molar-refractivity contribution is 5.91. The van der Waals surface area contributed by atoms with Crippen molar-refractivity contribution in [3.63, 3.8) is 0 Å². The van der Waals surface area contributed by atoms with Crippen molar-refractivity contribution in [2.24, 2.45) is 7.05 Å². The van der Waals surface area contributed by atoms with E-state index < -0.39 is 35.5 Å². The average molecular weight is 570 g/mol. The maximum atomic E-state index is 14.4. The molecular weight excluding hydrogens is 530 g/mol. The normalized spacial score (nSPS) is 12.8. The highest BCUT2D eigenvalue weighted by Crippen LogP contribution is 2.30. The fourth-order valence-electron chi connectivity index (χ4n) is 4.90. The number of alkyl carbamates (subject to hydrolysis) is 1. The first-order valence-corrected chi connectivity index (χ1v) is 14.1. The zero-order valence-electron chi connectivity index (χ0n) is 24.9. The fraction of sp³-hybridized carbons (Fsp3) is 0.324. The van der Waals surface area contributed by atoms with Gasteiger partial charge < -0.3 is 24.3 Å². The number of rotatable bonds is 10. The van der Waals surface area contributed by atoms with Gasteiger partial charge >= 0.3 is 12.1 Å². The molecule has 0 saturated heterocycles. The molecule has 2 atom stereocenters. The number of fused-ring (bicyclic) bond motifs is 1. The Kier molecular flexibility index (Phi) is 9.68. The number of nitrogens with zero attached hydrogens (tertiary/aromatic N) is 2. The molecule has 4 rings (SSSR count). The van der Waals surface area contributed by atoms with Crippen molar-refractivity contribution in [1.82, 2.24) is 14.8 Å². The largest absolute Gasteiger partial charge is 0.459 e. The number of hydrogen-bond donors (Lipinski definition) is 1. The first-order valence-electron chi connectivity index (χ1n) is 14.1. The van der Waals surface area contributed by atoms with Crippen molar-refractivity contribution >= 4 is 28.9 Å². The van der Waals surface area contributed by atoms with E-state index in [0.29, 0.717) is 0 Å². The zero-order chi connectivity index (χ0) is 30.3. The van der Waals surface area contributed by atoms with E-state index in [0.717, 1.165) is 27.6 Å². The van der Waals surface area contributed by atoms with Crippen molar-refractivity contribution < 1.29 is 23.9 Å². The van der Waals surface area contributed by atoms with Crippen LogP contribution in [0.1, 0.15) is 50.3 Å². The van der Waals surface area contributed by atoms with Gasteiger partial charge in [-0.2, -0.15) is 0 Å². The lowest BCUT2D eigenvalue weighted by molar-refractivity contribution is -0.151. The third-order valence-electron chi connectivity index (χ3n) is 6.95. The van der Waals surface area contributed by atoms with Gasteiger partial charge in [0.15, 0.2) is 0 Å². The van der Waals surface area contributed by atoms with Crippen LogP contribution in [0.25, 0.3) is 10.9 Å². The van der Waals surface area contributed by atoms with Crippen LogP contribution in [0, 0.1) is 0 Å². The molecule has 1 heterocycles. The van der Waals surface area contributed by atoms with E-state index in [1.54, 1.807) is 20.8 Å². The minimum absolute atomic E-state index is 0.0963. The van der Waals surface area contributed by atoms with Crippen molar-refractivity contribution in [2.45, 2.75) is 58.4 Å². The Bertz CT molecular complexity index is 1510. The minimum atomic E-state index is -1.02. The first-order chi connectivity index (χ1) is 20.0. The molecule has 0 unspecified atom stereocenters. The van der Waals surface area contributed by atoms with Gasteiger partial charge in [0.05, 0.1) is 0 Å². The number of ether oxygens (including phenoxy) is 2. The van der Waals surface area contributed by atoms with Crippen molar-refractivity contribution in [2.75, 3.05) is 6.54 Å². The number of carbonyl (C=O) groups is 3. The van der Waals surface area contributed by atoms with Crippen LogP contribution in [0.5, 0.6) is 0 Å². The Morgan fingerprint density at radius 1 is 0.881 bits per heavy atom. The van der Waals surface area contributed by atoms with Crippen molar-refractivity contribution in [1.29, 1.82) is 0 Å². The molecule has 4 aromatic rings. The number of amides is 2. The molecule has 0 aliphatic rings. The number of hydrogen-bond acceptors (Lipinski definition) is 5. The van der Waals surface area contributed by atoms with Crippen LogP contribution < -0.4 is 5.32 Å². The molecule has 0 fully saturated rings. The summed E-state index contributed by atoms with van der Waals surface area (Å²) in [4.78, 5) is 41.9. The van der Waals surface area contributed by atoms with E-state index in [4.69, 9.17) is 9.47 Å². The Hall–Kier alpha value is -4.59. The maximum absolute atomic E-state index is 14.4. The molecule has 1 aromatic heterocycles. The number of aryl methyl sites for hydroxylation is 1. The molecule has 42 heavy (non-hydrogen) atoms. The van der Waals surface area contributed by atoms with Gasteiger partial charge in [-0.25, -0.2) is 4.79 Å². The van der Waals surface area contributed by atoms with Crippen LogP contribution in [-0.2, 0) is 39.3 Å². The van der Waals surface area contributed by atoms with Crippen LogP contribution in [0.15, 0.2) is 91.1 Å². The third-order valence-corrected chi connectivity index (χ3v) is 6.95. The number of aromatic nitrogens is 1. The van der Waals surface area contributed by atoms with Gasteiger partial charge in [-0.05, 0) is 43.5 Å². The van der Waals surface area contributed by atoms with E-state index in [1.165, 1.54) is 4.90 Å². The summed E-state index contributed by atoms with van der Waals surface area (Å²) >= 11 is 0. The predicted molar refractivity (Wildman–Crippen MR) is 163 cm³/mol. The summed E-state index contributed by atoms with van der Waals surface area (Å²) < 4.78 is 13.1. The number of para-hydroxylation sites is 1. The quantitative estimate of drug-likeness (QED) is 0.239. The standard InChI is InChI=1S/C34H39N3O5/c1-24(28-21-36(5)29-19-13-12-18-27(28)29)31(35-33(40)42-34(2,3)4)32(39)37(20-25-14-8-6-9-15-25)22-30(38)41-23-26-16-10-7-11-17-26/h6-19,21,24,31H,20,22-23H2,1-5H3,(H,35,40)/t24-,31-/m1/s1. The SMILES string of the molecule is C[C@H](c1cn(C)c2ccccc12)[C@@H](NC(=O)OC(C)(C)C)C(=O)N(CC(=O)OCc1ccccc1)Cc1ccccc1. The van der Waals surface area contributed by atoms with Gasteiger partial charge in [-0.15, -0.1) is 0 Å². The summed E-state index contributed by atoms with van der Waals surface area (Å²) in [5, 5.41) is 3.81. The molecule has 3 aromatic carbocycles. The van der Waals surface area contributed by atoms with Crippen LogP contribution in [0.4, 0.5) is 4.79 Å². The monoisotopic (exact) mass is 569 g/mol. The Labute approximate surface area is 247 Å². The lowest BCUT2D eigenvalue weighted by Gasteiger charge is -2.31. The number of esters is 1. The molecule has 2 amide bonds. The topological polar surface area (TPSA) is 89.9 Å². The van der Waals surface area contributed by atoms with Crippen LogP contribution >= 0.6 is 0 Å². The number of benzene rings is 3. The lowest BCUT2D eigenvalue weighted by Crippen LogP contribution is -2.52. The zero-order valence-corrected chi connectivity index (χ0v) is 24.9. The van der Waals surface area contributed by atoms with E-state index in [1.807, 2.05) is 110 Å². The second-order valence-corrected chi connectivity index (χ2v) is 11.5. The van der Waals surface area contributed by atoms with Gasteiger partial charge in [0, 0.05) is 36.6 Å². The minimum Gasteiger partial charge on any atom is -0.459 e. The summed E-state index contributed by atoms with van der Waals surface area (Å²) in [6.45, 7) is 7.17. The van der Waals surface area contributed by atoms with Gasteiger partial charge in [-0.3, -0.25) is 9.59 Å². The summed E-state index contributed by atoms with van der Waals surface area (Å²) in [5.41, 5.74) is 2.84. The average Bonchev–Trinajstić information content (AvgIpc) is 3.30. The van der Waals surface area contributed by atoms with E-state index >= 15 is 0 Å². The van der Waals surface area contributed by atoms with Gasteiger partial charge in [0.1, 0.15) is 24.8 Å². The molecular formula is C34H39N3O5. The second-order valence-electron chi connectivity index (χ2n) is 11.5. The highest BCUT2D eigenvalue weighted by atomic mass is 16.6. The molecule has 8 heteroatoms. The van der Waals surface area contributed by atoms with Crippen molar-refractivity contribution in [3.8, 4) is 0 Å². The molecule has 0 aliphatic heterocycles. The van der Waals surface area contributed by atoms with E-state index in [-0.39, 0.29) is 19.7 Å². The summed E-state index contributed by atoms with van der Waals surface area (Å²) in [6, 6.07) is 25.7. The predicted octanol–water partition coefficient (Wildman–Crippen LogP) is 5.95. The molecule has 0 saturated carbocycles. The van der Waals surface area contributed by atoms with Gasteiger partial charge in [0.2, 0.25) is 5.91 Å². The lowest BCUT2D eigenvalue weighted by atomic mass is 9.91. The number of carbonyl (C=O) groups excluding carboxylic acids is 3. The molecule has 0 aliphatic carbocycles.